The minimum Gasteiger partial charge on any atom is -0.462 e. The van der Waals surface area contributed by atoms with E-state index in [4.69, 9.17) is 18.5 Å². The average Bonchev–Trinajstić information content (AvgIpc) is 3.42. The maximum Gasteiger partial charge on any atom is 0.472 e. The second-order valence-electron chi connectivity index (χ2n) is 21.7. The number of likely N-dealkylation sites (N-methyl/N-ethyl adjacent to an activating group) is 1. The number of unbranched alkanes of at least 4 members (excludes halogenated alkanes) is 18. The zero-order valence-corrected chi connectivity index (χ0v) is 52.4. The first kappa shape index (κ1) is 75.9. The predicted molar refractivity (Wildman–Crippen MR) is 343 cm³/mol. The number of rotatable bonds is 56. The van der Waals surface area contributed by atoms with Gasteiger partial charge in [0.2, 0.25) is 0 Å². The summed E-state index contributed by atoms with van der Waals surface area (Å²) in [7, 11) is 1.43. The zero-order chi connectivity index (χ0) is 58.4. The highest BCUT2D eigenvalue weighted by Gasteiger charge is 2.27. The number of hydrogen-bond acceptors (Lipinski definition) is 7. The van der Waals surface area contributed by atoms with Crippen LogP contribution in [-0.2, 0) is 32.7 Å². The van der Waals surface area contributed by atoms with Crippen molar-refractivity contribution in [2.75, 3.05) is 47.5 Å². The molecule has 9 nitrogen and oxygen atoms in total. The number of ether oxygens (including phenoxy) is 2. The Balaban J connectivity index is 4.27. The minimum absolute atomic E-state index is 0.0147. The molecule has 0 aliphatic carbocycles. The molecular formula is C70H117NO8P+. The summed E-state index contributed by atoms with van der Waals surface area (Å²) >= 11 is 0. The number of nitrogens with zero attached hydrogens (tertiary/aromatic N) is 1. The maximum absolute atomic E-state index is 12.8. The third-order valence-electron chi connectivity index (χ3n) is 12.9. The van der Waals surface area contributed by atoms with Crippen molar-refractivity contribution < 1.29 is 42.1 Å². The third-order valence-corrected chi connectivity index (χ3v) is 13.8. The van der Waals surface area contributed by atoms with Gasteiger partial charge in [-0.2, -0.15) is 0 Å². The van der Waals surface area contributed by atoms with Gasteiger partial charge >= 0.3 is 19.8 Å². The highest BCUT2D eigenvalue weighted by molar-refractivity contribution is 7.47. The predicted octanol–water partition coefficient (Wildman–Crippen LogP) is 20.3. The van der Waals surface area contributed by atoms with Gasteiger partial charge in [0.1, 0.15) is 19.8 Å². The van der Waals surface area contributed by atoms with Crippen LogP contribution >= 0.6 is 7.82 Å². The average molecular weight is 1130 g/mol. The van der Waals surface area contributed by atoms with Gasteiger partial charge in [-0.25, -0.2) is 4.57 Å². The van der Waals surface area contributed by atoms with Crippen LogP contribution in [0.2, 0.25) is 0 Å². The molecule has 0 radical (unpaired) electrons. The van der Waals surface area contributed by atoms with Gasteiger partial charge in [-0.3, -0.25) is 18.6 Å². The van der Waals surface area contributed by atoms with E-state index in [0.717, 1.165) is 103 Å². The Morgan fingerprint density at radius 1 is 0.400 bits per heavy atom. The van der Waals surface area contributed by atoms with E-state index in [-0.39, 0.29) is 32.0 Å². The molecule has 2 atom stereocenters. The van der Waals surface area contributed by atoms with Crippen molar-refractivity contribution in [1.82, 2.24) is 0 Å². The van der Waals surface area contributed by atoms with E-state index in [1.165, 1.54) is 96.3 Å². The Morgan fingerprint density at radius 2 is 0.713 bits per heavy atom. The highest BCUT2D eigenvalue weighted by Crippen LogP contribution is 2.43. The molecule has 0 rings (SSSR count). The first-order chi connectivity index (χ1) is 39.0. The van der Waals surface area contributed by atoms with Crippen LogP contribution in [-0.4, -0.2) is 74.9 Å². The molecule has 0 amide bonds. The number of esters is 2. The van der Waals surface area contributed by atoms with Crippen molar-refractivity contribution in [3.8, 4) is 0 Å². The zero-order valence-electron chi connectivity index (χ0n) is 51.5. The molecule has 0 aliphatic rings. The summed E-state index contributed by atoms with van der Waals surface area (Å²) in [5, 5.41) is 0. The van der Waals surface area contributed by atoms with E-state index in [9.17, 15) is 19.0 Å². The summed E-state index contributed by atoms with van der Waals surface area (Å²) in [6.07, 6.45) is 87.8. The van der Waals surface area contributed by atoms with Crippen LogP contribution in [0.15, 0.2) is 146 Å². The number of allylic oxidation sites excluding steroid dienone is 24. The van der Waals surface area contributed by atoms with E-state index in [1.54, 1.807) is 0 Å². The van der Waals surface area contributed by atoms with Gasteiger partial charge in [-0.1, -0.05) is 243 Å². The summed E-state index contributed by atoms with van der Waals surface area (Å²) in [6.45, 7) is 4.24. The third kappa shape index (κ3) is 63.1. The van der Waals surface area contributed by atoms with Crippen molar-refractivity contribution >= 4 is 19.8 Å². The lowest BCUT2D eigenvalue weighted by Crippen LogP contribution is -2.37. The van der Waals surface area contributed by atoms with Crippen LogP contribution in [0.5, 0.6) is 0 Å². The summed E-state index contributed by atoms with van der Waals surface area (Å²) in [5.41, 5.74) is 0. The molecule has 0 heterocycles. The van der Waals surface area contributed by atoms with Gasteiger partial charge in [0.15, 0.2) is 6.10 Å². The number of hydrogen-bond donors (Lipinski definition) is 1. The number of phosphoric acid groups is 1. The number of carbonyl (C=O) groups is 2. The Labute approximate surface area is 491 Å². The summed E-state index contributed by atoms with van der Waals surface area (Å²) in [4.78, 5) is 35.8. The van der Waals surface area contributed by atoms with Gasteiger partial charge < -0.3 is 18.9 Å². The van der Waals surface area contributed by atoms with Crippen molar-refractivity contribution in [1.29, 1.82) is 0 Å². The second-order valence-corrected chi connectivity index (χ2v) is 23.2. The maximum atomic E-state index is 12.8. The van der Waals surface area contributed by atoms with Crippen LogP contribution in [0.1, 0.15) is 232 Å². The molecule has 0 spiro atoms. The lowest BCUT2D eigenvalue weighted by atomic mass is 10.0. The fourth-order valence-corrected chi connectivity index (χ4v) is 8.76. The first-order valence-electron chi connectivity index (χ1n) is 31.6. The molecule has 0 fully saturated rings. The Morgan fingerprint density at radius 3 is 1.09 bits per heavy atom. The van der Waals surface area contributed by atoms with Crippen LogP contribution < -0.4 is 0 Å². The smallest absolute Gasteiger partial charge is 0.462 e. The van der Waals surface area contributed by atoms with E-state index in [1.807, 2.05) is 21.1 Å². The molecular weight excluding hydrogens is 1010 g/mol. The van der Waals surface area contributed by atoms with E-state index >= 15 is 0 Å². The van der Waals surface area contributed by atoms with Crippen molar-refractivity contribution in [3.05, 3.63) is 146 Å². The summed E-state index contributed by atoms with van der Waals surface area (Å²) in [5.74, 6) is -0.859. The summed E-state index contributed by atoms with van der Waals surface area (Å²) in [6, 6.07) is 0. The lowest BCUT2D eigenvalue weighted by Gasteiger charge is -2.24. The molecule has 10 heteroatoms. The molecule has 80 heavy (non-hydrogen) atoms. The summed E-state index contributed by atoms with van der Waals surface area (Å²) < 4.78 is 34.6. The molecule has 0 aromatic heterocycles. The van der Waals surface area contributed by atoms with Crippen molar-refractivity contribution in [2.45, 2.75) is 238 Å². The normalized spacial score (nSPS) is 14.2. The monoisotopic (exact) mass is 1130 g/mol. The van der Waals surface area contributed by atoms with E-state index in [2.05, 4.69) is 160 Å². The fourth-order valence-electron chi connectivity index (χ4n) is 8.01. The number of quaternary nitrogens is 1. The topological polar surface area (TPSA) is 108 Å². The van der Waals surface area contributed by atoms with Crippen LogP contribution in [0, 0.1) is 0 Å². The Bertz CT molecular complexity index is 1860. The lowest BCUT2D eigenvalue weighted by molar-refractivity contribution is -0.870. The Kier molecular flexibility index (Phi) is 56.5. The van der Waals surface area contributed by atoms with Crippen LogP contribution in [0.25, 0.3) is 0 Å². The SMILES string of the molecule is CC/C=C\C/C=C\C/C=C\C/C=C\C/C=C\C/C=C\C/C=C\C/C=C\C/C=C\C/C=C\CCCCC(=O)OC(COC(=O)CCCCCCCCCCCCC/C=C\C/C=C\CCCCCCC)COP(=O)(O)OCC[N+](C)(C)C. The number of phosphoric ester groups is 1. The van der Waals surface area contributed by atoms with Crippen LogP contribution in [0.4, 0.5) is 0 Å². The molecule has 454 valence electrons. The molecule has 2 unspecified atom stereocenters. The van der Waals surface area contributed by atoms with Gasteiger partial charge in [-0.05, 0) is 122 Å². The molecule has 0 aliphatic heterocycles. The second kappa shape index (κ2) is 59.5. The molecule has 0 saturated heterocycles. The highest BCUT2D eigenvalue weighted by atomic mass is 31.2. The van der Waals surface area contributed by atoms with Gasteiger partial charge in [0.05, 0.1) is 27.7 Å². The van der Waals surface area contributed by atoms with E-state index in [0.29, 0.717) is 17.4 Å². The van der Waals surface area contributed by atoms with Gasteiger partial charge in [0.25, 0.3) is 0 Å². The fraction of sp³-hybridized carbons (Fsp3) is 0.629. The molecule has 1 N–H and O–H groups in total. The van der Waals surface area contributed by atoms with Crippen molar-refractivity contribution in [2.24, 2.45) is 0 Å². The molecule has 0 aromatic carbocycles. The van der Waals surface area contributed by atoms with E-state index < -0.39 is 26.5 Å². The Hall–Kier alpha value is -4.11. The first-order valence-corrected chi connectivity index (χ1v) is 33.1. The minimum atomic E-state index is -4.41. The quantitative estimate of drug-likeness (QED) is 0.0211. The van der Waals surface area contributed by atoms with Gasteiger partial charge in [0, 0.05) is 12.8 Å². The molecule has 0 bridgehead atoms. The van der Waals surface area contributed by atoms with Gasteiger partial charge in [-0.15, -0.1) is 0 Å². The number of carbonyl (C=O) groups excluding carboxylic acids is 2. The largest absolute Gasteiger partial charge is 0.472 e. The standard InChI is InChI=1S/C70H116NO8P/c1-6-8-10-12-14-16-18-20-22-24-26-28-30-31-32-33-34-35-36-37-38-39-41-43-45-47-49-51-53-55-57-59-61-63-70(73)79-68(67-78-80(74,75)77-65-64-71(3,4)5)66-76-69(72)62-60-58-56-54-52-50-48-46-44-42-40-29-27-25-23-21-19-17-15-13-11-9-7-2/h8,10,14,16,19-22,25-28,31-32,34-35,37-38,41,43,47,49,53,55,68H,6-7,9,11-13,15,17-18,23-24,29-30,33,36,39-40,42,44-46,48,50-52,54,56-67H2,1-5H3/p+1/b10-8-,16-14-,21-19-,22-20-,27-25-,28-26-,32-31-,35-34-,38-37-,43-41-,49-47-,55-53-. The molecule has 0 aromatic rings. The van der Waals surface area contributed by atoms with Crippen molar-refractivity contribution in [3.63, 3.8) is 0 Å². The van der Waals surface area contributed by atoms with Crippen LogP contribution in [0.3, 0.4) is 0 Å². The molecule has 0 saturated carbocycles.